The van der Waals surface area contributed by atoms with E-state index in [0.717, 1.165) is 11.3 Å². The zero-order valence-electron chi connectivity index (χ0n) is 19.0. The maximum atomic E-state index is 13.1. The molecule has 1 amide bonds. The summed E-state index contributed by atoms with van der Waals surface area (Å²) in [7, 11) is -1.98. The minimum Gasteiger partial charge on any atom is -0.401 e. The number of carbonyl (C=O) groups excluding carboxylic acids is 1. The van der Waals surface area contributed by atoms with Gasteiger partial charge in [0.2, 0.25) is 10.0 Å². The summed E-state index contributed by atoms with van der Waals surface area (Å²) in [5.41, 5.74) is 2.56. The van der Waals surface area contributed by atoms with E-state index >= 15 is 0 Å². The number of sulfonamides is 1. The van der Waals surface area contributed by atoms with Crippen LogP contribution < -0.4 is 5.32 Å². The lowest BCUT2D eigenvalue weighted by atomic mass is 10.2. The molecule has 0 bridgehead atoms. The molecule has 0 fully saturated rings. The second-order valence-electron chi connectivity index (χ2n) is 7.60. The lowest BCUT2D eigenvalue weighted by molar-refractivity contribution is 0.102. The first-order chi connectivity index (χ1) is 16.3. The molecule has 2 heterocycles. The molecule has 4 rings (SSSR count). The van der Waals surface area contributed by atoms with E-state index in [4.69, 9.17) is 4.42 Å². The van der Waals surface area contributed by atoms with Crippen molar-refractivity contribution in [3.05, 3.63) is 77.5 Å². The molecule has 0 aliphatic rings. The molecule has 0 aliphatic heterocycles. The number of anilines is 1. The minimum atomic E-state index is -3.73. The number of aryl methyl sites for hydroxylation is 2. The van der Waals surface area contributed by atoms with Crippen LogP contribution in [-0.4, -0.2) is 45.2 Å². The number of hydrogen-bond acceptors (Lipinski definition) is 7. The van der Waals surface area contributed by atoms with Crippen LogP contribution in [0.4, 0.5) is 6.01 Å². The molecule has 2 aromatic carbocycles. The number of aromatic nitrogens is 4. The van der Waals surface area contributed by atoms with Gasteiger partial charge in [-0.25, -0.2) is 8.42 Å². The maximum absolute atomic E-state index is 13.1. The van der Waals surface area contributed by atoms with E-state index in [9.17, 15) is 13.2 Å². The van der Waals surface area contributed by atoms with Crippen molar-refractivity contribution in [1.29, 1.82) is 0 Å². The van der Waals surface area contributed by atoms with Gasteiger partial charge >= 0.3 is 6.01 Å². The molecule has 0 aliphatic carbocycles. The van der Waals surface area contributed by atoms with Gasteiger partial charge in [-0.3, -0.25) is 14.8 Å². The van der Waals surface area contributed by atoms with Crippen LogP contribution in [0.1, 0.15) is 28.5 Å². The normalized spacial score (nSPS) is 11.6. The van der Waals surface area contributed by atoms with E-state index in [1.807, 2.05) is 37.3 Å². The van der Waals surface area contributed by atoms with Crippen LogP contribution in [0.25, 0.3) is 11.6 Å². The Morgan fingerprint density at radius 3 is 2.41 bits per heavy atom. The predicted molar refractivity (Wildman–Crippen MR) is 125 cm³/mol. The van der Waals surface area contributed by atoms with Crippen LogP contribution in [0.15, 0.2) is 70.0 Å². The molecule has 34 heavy (non-hydrogen) atoms. The van der Waals surface area contributed by atoms with Crippen molar-refractivity contribution < 1.29 is 17.6 Å². The van der Waals surface area contributed by atoms with Crippen LogP contribution >= 0.6 is 0 Å². The number of carbonyl (C=O) groups is 1. The molecule has 0 atom stereocenters. The SMILES string of the molecule is CCN(Cc1ccccc1)S(=O)(=O)c1ccc(C(=O)Nc2nnc(-c3cc(C)nn3C)o2)cc1. The Balaban J connectivity index is 1.46. The summed E-state index contributed by atoms with van der Waals surface area (Å²) < 4.78 is 34.7. The van der Waals surface area contributed by atoms with Gasteiger partial charge in [-0.15, -0.1) is 5.10 Å². The molecule has 0 spiro atoms. The van der Waals surface area contributed by atoms with Crippen molar-refractivity contribution >= 4 is 21.9 Å². The predicted octanol–water partition coefficient (Wildman–Crippen LogP) is 3.24. The molecule has 11 heteroatoms. The van der Waals surface area contributed by atoms with Crippen molar-refractivity contribution in [3.63, 3.8) is 0 Å². The average Bonchev–Trinajstić information content (AvgIpc) is 3.43. The van der Waals surface area contributed by atoms with E-state index in [0.29, 0.717) is 12.2 Å². The van der Waals surface area contributed by atoms with Gasteiger partial charge in [0.25, 0.3) is 11.8 Å². The number of benzene rings is 2. The summed E-state index contributed by atoms with van der Waals surface area (Å²) in [6, 6.07) is 16.8. The monoisotopic (exact) mass is 480 g/mol. The van der Waals surface area contributed by atoms with Gasteiger partial charge in [-0.1, -0.05) is 42.4 Å². The molecule has 0 saturated heterocycles. The van der Waals surface area contributed by atoms with Crippen LogP contribution in [-0.2, 0) is 23.6 Å². The molecular weight excluding hydrogens is 456 g/mol. The molecule has 1 N–H and O–H groups in total. The van der Waals surface area contributed by atoms with Crippen LogP contribution in [0, 0.1) is 6.92 Å². The first-order valence-corrected chi connectivity index (χ1v) is 12.0. The summed E-state index contributed by atoms with van der Waals surface area (Å²) in [4.78, 5) is 12.7. The van der Waals surface area contributed by atoms with Gasteiger partial charge in [0.1, 0.15) is 5.69 Å². The highest BCUT2D eigenvalue weighted by atomic mass is 32.2. The van der Waals surface area contributed by atoms with Gasteiger partial charge in [0.05, 0.1) is 10.6 Å². The zero-order chi connectivity index (χ0) is 24.3. The van der Waals surface area contributed by atoms with Crippen molar-refractivity contribution in [2.45, 2.75) is 25.3 Å². The van der Waals surface area contributed by atoms with E-state index in [1.54, 1.807) is 24.7 Å². The van der Waals surface area contributed by atoms with Crippen LogP contribution in [0.3, 0.4) is 0 Å². The fourth-order valence-corrected chi connectivity index (χ4v) is 4.88. The Morgan fingerprint density at radius 1 is 1.09 bits per heavy atom. The van der Waals surface area contributed by atoms with E-state index in [1.165, 1.54) is 28.6 Å². The molecule has 2 aromatic heterocycles. The van der Waals surface area contributed by atoms with Crippen molar-refractivity contribution in [3.8, 4) is 11.6 Å². The van der Waals surface area contributed by atoms with E-state index in [-0.39, 0.29) is 28.9 Å². The average molecular weight is 481 g/mol. The summed E-state index contributed by atoms with van der Waals surface area (Å²) in [6.45, 7) is 4.20. The van der Waals surface area contributed by atoms with Crippen LogP contribution in [0.2, 0.25) is 0 Å². The standard InChI is InChI=1S/C23H24N6O4S/c1-4-29(15-17-8-6-5-7-9-17)34(31,32)19-12-10-18(11-13-19)21(30)24-23-26-25-22(33-23)20-14-16(2)27-28(20)3/h5-14H,4,15H2,1-3H3,(H,24,26,30). The summed E-state index contributed by atoms with van der Waals surface area (Å²) in [6.07, 6.45) is 0. The smallest absolute Gasteiger partial charge is 0.322 e. The molecule has 4 aromatic rings. The number of nitrogens with one attached hydrogen (secondary N) is 1. The number of rotatable bonds is 8. The zero-order valence-corrected chi connectivity index (χ0v) is 19.8. The quantitative estimate of drug-likeness (QED) is 0.411. The summed E-state index contributed by atoms with van der Waals surface area (Å²) in [5.74, 6) is -0.283. The topological polar surface area (TPSA) is 123 Å². The number of amides is 1. The van der Waals surface area contributed by atoms with Gasteiger partial charge in [-0.05, 0) is 42.8 Å². The third-order valence-corrected chi connectivity index (χ3v) is 7.11. The highest BCUT2D eigenvalue weighted by Crippen LogP contribution is 2.22. The minimum absolute atomic E-state index is 0.0735. The third-order valence-electron chi connectivity index (χ3n) is 5.18. The van der Waals surface area contributed by atoms with E-state index in [2.05, 4.69) is 20.6 Å². The highest BCUT2D eigenvalue weighted by molar-refractivity contribution is 7.89. The molecule has 10 nitrogen and oxygen atoms in total. The Labute approximate surface area is 197 Å². The lowest BCUT2D eigenvalue weighted by Gasteiger charge is -2.20. The summed E-state index contributed by atoms with van der Waals surface area (Å²) in [5, 5.41) is 14.5. The second-order valence-corrected chi connectivity index (χ2v) is 9.54. The molecular formula is C23H24N6O4S. The second kappa shape index (κ2) is 9.57. The Kier molecular flexibility index (Phi) is 6.57. The van der Waals surface area contributed by atoms with Crippen molar-refractivity contribution in [1.82, 2.24) is 24.3 Å². The molecule has 0 unspecified atom stereocenters. The first-order valence-electron chi connectivity index (χ1n) is 10.6. The van der Waals surface area contributed by atoms with Gasteiger partial charge in [0, 0.05) is 25.7 Å². The fourth-order valence-electron chi connectivity index (χ4n) is 3.44. The Bertz CT molecular complexity index is 1400. The van der Waals surface area contributed by atoms with E-state index < -0.39 is 15.9 Å². The number of nitrogens with zero attached hydrogens (tertiary/aromatic N) is 5. The Hall–Kier alpha value is -3.83. The highest BCUT2D eigenvalue weighted by Gasteiger charge is 2.24. The fraction of sp³-hybridized carbons (Fsp3) is 0.217. The van der Waals surface area contributed by atoms with Crippen LogP contribution in [0.5, 0.6) is 0 Å². The molecule has 0 saturated carbocycles. The first kappa shape index (κ1) is 23.3. The molecule has 0 radical (unpaired) electrons. The maximum Gasteiger partial charge on any atom is 0.322 e. The van der Waals surface area contributed by atoms with Gasteiger partial charge < -0.3 is 4.42 Å². The summed E-state index contributed by atoms with van der Waals surface area (Å²) >= 11 is 0. The van der Waals surface area contributed by atoms with Gasteiger partial charge in [-0.2, -0.15) is 9.40 Å². The van der Waals surface area contributed by atoms with Gasteiger partial charge in [0.15, 0.2) is 0 Å². The number of hydrogen-bond donors (Lipinski definition) is 1. The third kappa shape index (κ3) is 4.90. The largest absolute Gasteiger partial charge is 0.401 e. The lowest BCUT2D eigenvalue weighted by Crippen LogP contribution is -2.30. The molecule has 176 valence electrons. The van der Waals surface area contributed by atoms with Crippen molar-refractivity contribution in [2.24, 2.45) is 7.05 Å². The van der Waals surface area contributed by atoms with Crippen molar-refractivity contribution in [2.75, 3.05) is 11.9 Å². The Morgan fingerprint density at radius 2 is 1.79 bits per heavy atom.